The lowest BCUT2D eigenvalue weighted by Crippen LogP contribution is -2.48. The van der Waals surface area contributed by atoms with Gasteiger partial charge in [0.2, 0.25) is 0 Å². The number of rotatable bonds is 3. The van der Waals surface area contributed by atoms with Crippen molar-refractivity contribution < 1.29 is 9.47 Å². The highest BCUT2D eigenvalue weighted by molar-refractivity contribution is 5.41. The molecule has 21 heavy (non-hydrogen) atoms. The number of benzene rings is 1. The van der Waals surface area contributed by atoms with Gasteiger partial charge in [-0.1, -0.05) is 12.1 Å². The zero-order valence-electron chi connectivity index (χ0n) is 12.4. The predicted octanol–water partition coefficient (Wildman–Crippen LogP) is 2.48. The van der Waals surface area contributed by atoms with E-state index >= 15 is 0 Å². The minimum absolute atomic E-state index is 0.165. The van der Waals surface area contributed by atoms with Crippen LogP contribution in [0.4, 0.5) is 0 Å². The lowest BCUT2D eigenvalue weighted by atomic mass is 9.69. The third-order valence-electron chi connectivity index (χ3n) is 5.52. The number of hydrogen-bond acceptors (Lipinski definition) is 4. The Balaban J connectivity index is 1.56. The number of ether oxygens (including phenoxy) is 2. The first-order valence-electron chi connectivity index (χ1n) is 8.15. The van der Waals surface area contributed by atoms with Crippen molar-refractivity contribution >= 4 is 0 Å². The first kappa shape index (κ1) is 13.6. The first-order chi connectivity index (χ1) is 10.3. The quantitative estimate of drug-likeness (QED) is 0.663. The van der Waals surface area contributed by atoms with Gasteiger partial charge in [0, 0.05) is 19.1 Å². The maximum absolute atomic E-state index is 6.05. The molecule has 1 spiro atoms. The zero-order chi connectivity index (χ0) is 14.3. The summed E-state index contributed by atoms with van der Waals surface area (Å²) in [5.74, 6) is 7.51. The first-order valence-corrected chi connectivity index (χ1v) is 8.15. The topological polar surface area (TPSA) is 56.5 Å². The van der Waals surface area contributed by atoms with E-state index in [0.717, 1.165) is 38.2 Å². The second-order valence-electron chi connectivity index (χ2n) is 6.75. The Kier molecular flexibility index (Phi) is 3.40. The van der Waals surface area contributed by atoms with Crippen molar-refractivity contribution in [3.63, 3.8) is 0 Å². The van der Waals surface area contributed by atoms with Crippen LogP contribution in [0, 0.1) is 5.92 Å². The van der Waals surface area contributed by atoms with Crippen LogP contribution in [0.3, 0.4) is 0 Å². The molecule has 1 aromatic rings. The van der Waals surface area contributed by atoms with E-state index in [2.05, 4.69) is 23.6 Å². The highest BCUT2D eigenvalue weighted by Gasteiger charge is 2.44. The second-order valence-corrected chi connectivity index (χ2v) is 6.75. The van der Waals surface area contributed by atoms with Gasteiger partial charge in [-0.15, -0.1) is 0 Å². The summed E-state index contributed by atoms with van der Waals surface area (Å²) in [6, 6.07) is 6.76. The average molecular weight is 288 g/mol. The number of hydrazine groups is 1. The molecule has 1 saturated carbocycles. The van der Waals surface area contributed by atoms with Crippen LogP contribution in [0.1, 0.15) is 49.3 Å². The summed E-state index contributed by atoms with van der Waals surface area (Å²) < 4.78 is 11.6. The molecule has 3 N–H and O–H groups in total. The van der Waals surface area contributed by atoms with E-state index in [4.69, 9.17) is 15.3 Å². The molecule has 0 radical (unpaired) electrons. The molecule has 4 heteroatoms. The summed E-state index contributed by atoms with van der Waals surface area (Å²) in [7, 11) is 0. The Hall–Kier alpha value is -1.10. The van der Waals surface area contributed by atoms with Crippen molar-refractivity contribution in [1.82, 2.24) is 5.43 Å². The third-order valence-corrected chi connectivity index (χ3v) is 5.52. The van der Waals surface area contributed by atoms with Gasteiger partial charge in [-0.25, -0.2) is 0 Å². The van der Waals surface area contributed by atoms with Crippen molar-refractivity contribution in [2.24, 2.45) is 11.8 Å². The van der Waals surface area contributed by atoms with E-state index in [0.29, 0.717) is 5.92 Å². The van der Waals surface area contributed by atoms with Crippen LogP contribution in [-0.2, 0) is 11.2 Å². The van der Waals surface area contributed by atoms with Gasteiger partial charge in [0.15, 0.2) is 0 Å². The number of nitrogens with one attached hydrogen (secondary N) is 1. The van der Waals surface area contributed by atoms with E-state index in [-0.39, 0.29) is 11.6 Å². The molecule has 4 nitrogen and oxygen atoms in total. The average Bonchev–Trinajstić information content (AvgIpc) is 2.94. The van der Waals surface area contributed by atoms with Crippen molar-refractivity contribution in [3.8, 4) is 5.75 Å². The summed E-state index contributed by atoms with van der Waals surface area (Å²) in [5, 5.41) is 0. The van der Waals surface area contributed by atoms with Crippen molar-refractivity contribution in [2.45, 2.75) is 50.2 Å². The fraction of sp³-hybridized carbons (Fsp3) is 0.647. The fourth-order valence-corrected chi connectivity index (χ4v) is 4.17. The molecule has 0 bridgehead atoms. The Morgan fingerprint density at radius 1 is 1.29 bits per heavy atom. The summed E-state index contributed by atoms with van der Waals surface area (Å²) in [5.41, 5.74) is 5.85. The summed E-state index contributed by atoms with van der Waals surface area (Å²) >= 11 is 0. The van der Waals surface area contributed by atoms with E-state index < -0.39 is 0 Å². The van der Waals surface area contributed by atoms with Crippen LogP contribution < -0.4 is 16.0 Å². The molecule has 2 atom stereocenters. The molecule has 2 aliphatic heterocycles. The highest BCUT2D eigenvalue weighted by atomic mass is 16.5. The number of fused-ring (bicyclic) bond motifs is 1. The van der Waals surface area contributed by atoms with Crippen LogP contribution in [0.5, 0.6) is 5.75 Å². The smallest absolute Gasteiger partial charge is 0.122 e. The van der Waals surface area contributed by atoms with E-state index in [1.807, 2.05) is 0 Å². The lowest BCUT2D eigenvalue weighted by molar-refractivity contribution is -0.147. The van der Waals surface area contributed by atoms with Gasteiger partial charge in [0.05, 0.1) is 12.2 Å². The normalized spacial score (nSPS) is 27.8. The molecular formula is C17H24N2O2. The summed E-state index contributed by atoms with van der Waals surface area (Å²) in [4.78, 5) is 0. The molecule has 114 valence electrons. The molecule has 1 saturated heterocycles. The van der Waals surface area contributed by atoms with Crippen molar-refractivity contribution in [1.29, 1.82) is 0 Å². The largest absolute Gasteiger partial charge is 0.493 e. The summed E-state index contributed by atoms with van der Waals surface area (Å²) in [6.45, 7) is 1.68. The fourth-order valence-electron chi connectivity index (χ4n) is 4.17. The molecule has 4 rings (SSSR count). The van der Waals surface area contributed by atoms with Gasteiger partial charge < -0.3 is 9.47 Å². The van der Waals surface area contributed by atoms with Gasteiger partial charge in [0.1, 0.15) is 5.75 Å². The zero-order valence-corrected chi connectivity index (χ0v) is 12.4. The maximum atomic E-state index is 6.05. The van der Waals surface area contributed by atoms with Crippen LogP contribution in [0.25, 0.3) is 0 Å². The van der Waals surface area contributed by atoms with Crippen LogP contribution in [0.2, 0.25) is 0 Å². The Morgan fingerprint density at radius 3 is 2.95 bits per heavy atom. The molecule has 2 fully saturated rings. The van der Waals surface area contributed by atoms with Gasteiger partial charge in [-0.2, -0.15) is 0 Å². The second kappa shape index (κ2) is 5.27. The molecular weight excluding hydrogens is 264 g/mol. The Labute approximate surface area is 126 Å². The molecule has 0 amide bonds. The minimum Gasteiger partial charge on any atom is -0.493 e. The van der Waals surface area contributed by atoms with Crippen LogP contribution in [0.15, 0.2) is 18.2 Å². The highest BCUT2D eigenvalue weighted by Crippen LogP contribution is 2.47. The summed E-state index contributed by atoms with van der Waals surface area (Å²) in [6.07, 6.45) is 6.99. The maximum Gasteiger partial charge on any atom is 0.122 e. The standard InChI is InChI=1S/C17H24N2O2/c18-19-16(13-2-3-15-12(10-13)4-8-20-15)14-5-9-21-17(11-14)6-1-7-17/h2-3,10,14,16,19H,1,4-9,11,18H2. The lowest BCUT2D eigenvalue weighted by Gasteiger charge is -2.48. The Morgan fingerprint density at radius 2 is 2.19 bits per heavy atom. The van der Waals surface area contributed by atoms with E-state index in [1.165, 1.54) is 30.4 Å². The van der Waals surface area contributed by atoms with Crippen molar-refractivity contribution in [2.75, 3.05) is 13.2 Å². The minimum atomic E-state index is 0.165. The monoisotopic (exact) mass is 288 g/mol. The van der Waals surface area contributed by atoms with Gasteiger partial charge in [-0.05, 0) is 55.2 Å². The molecule has 1 aromatic carbocycles. The molecule has 2 unspecified atom stereocenters. The number of hydrogen-bond donors (Lipinski definition) is 2. The molecule has 0 aromatic heterocycles. The van der Waals surface area contributed by atoms with Crippen LogP contribution >= 0.6 is 0 Å². The van der Waals surface area contributed by atoms with Crippen molar-refractivity contribution in [3.05, 3.63) is 29.3 Å². The van der Waals surface area contributed by atoms with Crippen LogP contribution in [-0.4, -0.2) is 18.8 Å². The molecule has 3 aliphatic rings. The molecule has 2 heterocycles. The van der Waals surface area contributed by atoms with Gasteiger partial charge in [-0.3, -0.25) is 11.3 Å². The Bertz CT molecular complexity index is 528. The van der Waals surface area contributed by atoms with E-state index in [9.17, 15) is 0 Å². The number of nitrogens with two attached hydrogens (primary N) is 1. The van der Waals surface area contributed by atoms with E-state index in [1.54, 1.807) is 0 Å². The predicted molar refractivity (Wildman–Crippen MR) is 81.0 cm³/mol. The molecule has 1 aliphatic carbocycles. The SMILES string of the molecule is NNC(c1ccc2c(c1)CCO2)C1CCOC2(CCC2)C1. The van der Waals surface area contributed by atoms with Gasteiger partial charge >= 0.3 is 0 Å². The third kappa shape index (κ3) is 2.35. The van der Waals surface area contributed by atoms with Gasteiger partial charge in [0.25, 0.3) is 0 Å².